The molecule has 0 saturated carbocycles. The number of carbonyl (C=O) groups excluding carboxylic acids is 1. The van der Waals surface area contributed by atoms with E-state index in [4.69, 9.17) is 0 Å². The number of carbonyl (C=O) groups is 1. The van der Waals surface area contributed by atoms with Gasteiger partial charge in [-0.2, -0.15) is 0 Å². The summed E-state index contributed by atoms with van der Waals surface area (Å²) in [6.45, 7) is 2.95. The van der Waals surface area contributed by atoms with Crippen LogP contribution in [0.25, 0.3) is 0 Å². The highest BCUT2D eigenvalue weighted by molar-refractivity contribution is 6.04. The molecule has 164 valence electrons. The van der Waals surface area contributed by atoms with E-state index >= 15 is 0 Å². The molecule has 3 aromatic carbocycles. The van der Waals surface area contributed by atoms with Gasteiger partial charge in [0.25, 0.3) is 5.91 Å². The highest BCUT2D eigenvalue weighted by Crippen LogP contribution is 2.21. The van der Waals surface area contributed by atoms with Gasteiger partial charge in [0.15, 0.2) is 0 Å². The molecule has 0 fully saturated rings. The minimum absolute atomic E-state index is 0.0877. The van der Waals surface area contributed by atoms with E-state index in [0.717, 1.165) is 38.2 Å². The van der Waals surface area contributed by atoms with Crippen LogP contribution in [0, 0.1) is 0 Å². The molecule has 1 aliphatic heterocycles. The van der Waals surface area contributed by atoms with E-state index in [0.29, 0.717) is 5.56 Å². The smallest absolute Gasteiger partial charge is 0.255 e. The summed E-state index contributed by atoms with van der Waals surface area (Å²) >= 11 is 0. The SMILES string of the molecule is O=C(Nc1ccc(Cc2ccncc2)cc1)c1ccc(CN2CCc3ccccc3C2)cc1. The van der Waals surface area contributed by atoms with Gasteiger partial charge in [-0.3, -0.25) is 14.7 Å². The third-order valence-corrected chi connectivity index (χ3v) is 6.20. The first-order chi connectivity index (χ1) is 16.2. The minimum Gasteiger partial charge on any atom is -0.322 e. The maximum Gasteiger partial charge on any atom is 0.255 e. The first-order valence-corrected chi connectivity index (χ1v) is 11.4. The number of amides is 1. The molecule has 4 aromatic rings. The second kappa shape index (κ2) is 9.80. The van der Waals surface area contributed by atoms with Crippen molar-refractivity contribution in [1.29, 1.82) is 0 Å². The Balaban J connectivity index is 1.16. The van der Waals surface area contributed by atoms with Crippen LogP contribution in [0.1, 0.15) is 38.2 Å². The normalized spacial score (nSPS) is 13.3. The van der Waals surface area contributed by atoms with Gasteiger partial charge in [0, 0.05) is 43.3 Å². The zero-order chi connectivity index (χ0) is 22.5. The number of fused-ring (bicyclic) bond motifs is 1. The molecule has 0 aliphatic carbocycles. The van der Waals surface area contributed by atoms with Gasteiger partial charge in [-0.1, -0.05) is 48.5 Å². The van der Waals surface area contributed by atoms with E-state index in [2.05, 4.69) is 63.7 Å². The van der Waals surface area contributed by atoms with E-state index in [1.807, 2.05) is 36.4 Å². The number of nitrogens with one attached hydrogen (secondary N) is 1. The number of benzene rings is 3. The Hall–Kier alpha value is -3.76. The van der Waals surface area contributed by atoms with Crippen molar-refractivity contribution in [1.82, 2.24) is 9.88 Å². The van der Waals surface area contributed by atoms with Crippen LogP contribution in [0.5, 0.6) is 0 Å². The number of nitrogens with zero attached hydrogens (tertiary/aromatic N) is 2. The number of hydrogen-bond acceptors (Lipinski definition) is 3. The summed E-state index contributed by atoms with van der Waals surface area (Å²) in [5.74, 6) is -0.0877. The first kappa shape index (κ1) is 21.1. The Kier molecular flexibility index (Phi) is 6.27. The second-order valence-electron chi connectivity index (χ2n) is 8.61. The molecule has 0 bridgehead atoms. The lowest BCUT2D eigenvalue weighted by Crippen LogP contribution is -2.29. The summed E-state index contributed by atoms with van der Waals surface area (Å²) in [7, 11) is 0. The van der Waals surface area contributed by atoms with Gasteiger partial charge in [-0.15, -0.1) is 0 Å². The minimum atomic E-state index is -0.0877. The molecule has 33 heavy (non-hydrogen) atoms. The zero-order valence-corrected chi connectivity index (χ0v) is 18.6. The Morgan fingerprint density at radius 3 is 2.21 bits per heavy atom. The zero-order valence-electron chi connectivity index (χ0n) is 18.6. The van der Waals surface area contributed by atoms with E-state index < -0.39 is 0 Å². The molecule has 4 nitrogen and oxygen atoms in total. The largest absolute Gasteiger partial charge is 0.322 e. The van der Waals surface area contributed by atoms with E-state index in [9.17, 15) is 4.79 Å². The fraction of sp³-hybridized carbons (Fsp3) is 0.172. The Labute approximate surface area is 194 Å². The number of rotatable bonds is 6. The molecule has 1 aromatic heterocycles. The van der Waals surface area contributed by atoms with E-state index in [1.54, 1.807) is 12.4 Å². The van der Waals surface area contributed by atoms with Gasteiger partial charge in [0.2, 0.25) is 0 Å². The predicted molar refractivity (Wildman–Crippen MR) is 132 cm³/mol. The van der Waals surface area contributed by atoms with Crippen LogP contribution in [-0.2, 0) is 25.9 Å². The molecule has 4 heteroatoms. The average molecular weight is 434 g/mol. The van der Waals surface area contributed by atoms with Crippen LogP contribution in [0.3, 0.4) is 0 Å². The molecule has 1 aliphatic rings. The van der Waals surface area contributed by atoms with Crippen LogP contribution < -0.4 is 5.32 Å². The predicted octanol–water partition coefficient (Wildman–Crippen LogP) is 5.48. The number of hydrogen-bond donors (Lipinski definition) is 1. The highest BCUT2D eigenvalue weighted by Gasteiger charge is 2.16. The highest BCUT2D eigenvalue weighted by atomic mass is 16.1. The molecule has 1 N–H and O–H groups in total. The van der Waals surface area contributed by atoms with Gasteiger partial charge in [0.05, 0.1) is 0 Å². The van der Waals surface area contributed by atoms with Crippen molar-refractivity contribution in [3.8, 4) is 0 Å². The summed E-state index contributed by atoms with van der Waals surface area (Å²) < 4.78 is 0. The maximum absolute atomic E-state index is 12.7. The molecular weight excluding hydrogens is 406 g/mol. The third kappa shape index (κ3) is 5.36. The number of aromatic nitrogens is 1. The van der Waals surface area contributed by atoms with Gasteiger partial charge in [0.1, 0.15) is 0 Å². The van der Waals surface area contributed by atoms with Crippen molar-refractivity contribution in [2.24, 2.45) is 0 Å². The molecule has 1 amide bonds. The lowest BCUT2D eigenvalue weighted by Gasteiger charge is -2.28. The lowest BCUT2D eigenvalue weighted by atomic mass is 9.99. The molecular formula is C29H27N3O. The Morgan fingerprint density at radius 1 is 0.788 bits per heavy atom. The maximum atomic E-state index is 12.7. The monoisotopic (exact) mass is 433 g/mol. The number of anilines is 1. The van der Waals surface area contributed by atoms with Gasteiger partial charge in [-0.05, 0) is 77.1 Å². The molecule has 5 rings (SSSR count). The summed E-state index contributed by atoms with van der Waals surface area (Å²) in [5, 5.41) is 3.00. The van der Waals surface area contributed by atoms with Crippen molar-refractivity contribution < 1.29 is 4.79 Å². The molecule has 0 spiro atoms. The van der Waals surface area contributed by atoms with Gasteiger partial charge < -0.3 is 5.32 Å². The topological polar surface area (TPSA) is 45.2 Å². The first-order valence-electron chi connectivity index (χ1n) is 11.4. The Morgan fingerprint density at radius 2 is 1.45 bits per heavy atom. The van der Waals surface area contributed by atoms with Crippen LogP contribution >= 0.6 is 0 Å². The summed E-state index contributed by atoms with van der Waals surface area (Å²) in [6.07, 6.45) is 5.56. The van der Waals surface area contributed by atoms with Gasteiger partial charge in [-0.25, -0.2) is 0 Å². The van der Waals surface area contributed by atoms with Crippen LogP contribution in [-0.4, -0.2) is 22.3 Å². The Bertz CT molecular complexity index is 1220. The lowest BCUT2D eigenvalue weighted by molar-refractivity contribution is 0.102. The average Bonchev–Trinajstić information content (AvgIpc) is 2.86. The molecule has 0 radical (unpaired) electrons. The summed E-state index contributed by atoms with van der Waals surface area (Å²) in [4.78, 5) is 19.2. The van der Waals surface area contributed by atoms with E-state index in [-0.39, 0.29) is 5.91 Å². The molecule has 0 unspecified atom stereocenters. The molecule has 0 atom stereocenters. The molecule has 0 saturated heterocycles. The quantitative estimate of drug-likeness (QED) is 0.438. The third-order valence-electron chi connectivity index (χ3n) is 6.20. The fourth-order valence-corrected chi connectivity index (χ4v) is 4.35. The van der Waals surface area contributed by atoms with Crippen LogP contribution in [0.15, 0.2) is 97.3 Å². The van der Waals surface area contributed by atoms with Crippen LogP contribution in [0.2, 0.25) is 0 Å². The van der Waals surface area contributed by atoms with Crippen LogP contribution in [0.4, 0.5) is 5.69 Å². The second-order valence-corrected chi connectivity index (χ2v) is 8.61. The van der Waals surface area contributed by atoms with Crippen molar-refractivity contribution in [3.63, 3.8) is 0 Å². The molecule has 2 heterocycles. The van der Waals surface area contributed by atoms with E-state index in [1.165, 1.54) is 27.8 Å². The van der Waals surface area contributed by atoms with Crippen molar-refractivity contribution >= 4 is 11.6 Å². The van der Waals surface area contributed by atoms with Crippen molar-refractivity contribution in [3.05, 3.63) is 131 Å². The fourth-order valence-electron chi connectivity index (χ4n) is 4.35. The summed E-state index contributed by atoms with van der Waals surface area (Å²) in [5.41, 5.74) is 8.00. The standard InChI is InChI=1S/C29H27N3O/c33-29(31-28-11-7-22(8-12-28)19-23-13-16-30-17-14-23)26-9-5-24(6-10-26)20-32-18-15-25-3-1-2-4-27(25)21-32/h1-14,16-17H,15,18-21H2,(H,31,33). The van der Waals surface area contributed by atoms with Crippen molar-refractivity contribution in [2.75, 3.05) is 11.9 Å². The summed E-state index contributed by atoms with van der Waals surface area (Å²) in [6, 6.07) is 28.7. The van der Waals surface area contributed by atoms with Crippen molar-refractivity contribution in [2.45, 2.75) is 25.9 Å². The number of pyridine rings is 1. The van der Waals surface area contributed by atoms with Gasteiger partial charge >= 0.3 is 0 Å².